The Balaban J connectivity index is -0.000000208. The van der Waals surface area contributed by atoms with Gasteiger partial charge in [-0.2, -0.15) is 8.42 Å². The van der Waals surface area contributed by atoms with Crippen LogP contribution in [-0.4, -0.2) is 29.2 Å². The smallest absolute Gasteiger partial charge is 0.394 e. The molecule has 0 heterocycles. The molecule has 0 spiro atoms. The van der Waals surface area contributed by atoms with Gasteiger partial charge in [0.15, 0.2) is 0 Å². The van der Waals surface area contributed by atoms with E-state index in [1.807, 2.05) is 0 Å². The number of aliphatic hydroxyl groups excluding tert-OH is 1. The Kier molecular flexibility index (Phi) is 17.4. The summed E-state index contributed by atoms with van der Waals surface area (Å²) in [7, 11) is -4.67. The molecule has 0 radical (unpaired) electrons. The van der Waals surface area contributed by atoms with E-state index in [0.717, 1.165) is 6.42 Å². The van der Waals surface area contributed by atoms with Crippen LogP contribution in [0.5, 0.6) is 0 Å². The van der Waals surface area contributed by atoms with Crippen LogP contribution in [0.4, 0.5) is 0 Å². The van der Waals surface area contributed by atoms with Gasteiger partial charge in [-0.05, 0) is 12.3 Å². The van der Waals surface area contributed by atoms with Gasteiger partial charge in [-0.25, -0.2) is 0 Å². The van der Waals surface area contributed by atoms with Crippen LogP contribution in [0.1, 0.15) is 39.5 Å². The van der Waals surface area contributed by atoms with Crippen molar-refractivity contribution in [1.82, 2.24) is 0 Å². The summed E-state index contributed by atoms with van der Waals surface area (Å²) in [6.07, 6.45) is 4.83. The van der Waals surface area contributed by atoms with Crippen LogP contribution in [0.2, 0.25) is 0 Å². The van der Waals surface area contributed by atoms with Crippen LogP contribution in [0, 0.1) is 5.92 Å². The Hall–Kier alpha value is 0.453. The molecular weight excluding hydrogens is 274 g/mol. The van der Waals surface area contributed by atoms with Crippen molar-refractivity contribution < 1.29 is 42.1 Å². The fourth-order valence-electron chi connectivity index (χ4n) is 0.917. The largest absolute Gasteiger partial charge is 0.396 e. The first kappa shape index (κ1) is 20.8. The first-order valence-corrected chi connectivity index (χ1v) is 6.05. The molecule has 0 saturated heterocycles. The summed E-state index contributed by atoms with van der Waals surface area (Å²) in [5.41, 5.74) is 0. The molecule has 7 heteroatoms. The monoisotopic (exact) mass is 292 g/mol. The van der Waals surface area contributed by atoms with E-state index in [-0.39, 0.29) is 19.5 Å². The van der Waals surface area contributed by atoms with Gasteiger partial charge < -0.3 is 5.11 Å². The van der Waals surface area contributed by atoms with Gasteiger partial charge in [-0.3, -0.25) is 9.11 Å². The second kappa shape index (κ2) is 12.5. The van der Waals surface area contributed by atoms with Crippen molar-refractivity contribution in [2.75, 3.05) is 6.61 Å². The molecule has 15 heavy (non-hydrogen) atoms. The van der Waals surface area contributed by atoms with Crippen molar-refractivity contribution in [3.8, 4) is 0 Å². The van der Waals surface area contributed by atoms with E-state index in [9.17, 15) is 0 Å². The van der Waals surface area contributed by atoms with E-state index < -0.39 is 10.4 Å². The molecule has 0 bridgehead atoms. The third kappa shape index (κ3) is 31.4. The minimum absolute atomic E-state index is 0. The van der Waals surface area contributed by atoms with Gasteiger partial charge in [0, 0.05) is 26.1 Å². The number of unbranched alkanes of at least 4 members (excludes halogenated alkanes) is 1. The molecule has 5 nitrogen and oxygen atoms in total. The SMILES string of the molecule is CCCCC(CC)CO.O=S(=O)(O)O.[Zn]. The number of aliphatic hydroxyl groups is 1. The molecule has 1 atom stereocenters. The zero-order valence-electron chi connectivity index (χ0n) is 9.39. The second-order valence-corrected chi connectivity index (χ2v) is 3.94. The van der Waals surface area contributed by atoms with Crippen LogP contribution in [0.25, 0.3) is 0 Å². The summed E-state index contributed by atoms with van der Waals surface area (Å²) in [5, 5.41) is 8.75. The van der Waals surface area contributed by atoms with Crippen molar-refractivity contribution in [2.45, 2.75) is 39.5 Å². The van der Waals surface area contributed by atoms with E-state index in [2.05, 4.69) is 13.8 Å². The minimum atomic E-state index is -4.67. The molecule has 0 aromatic carbocycles. The first-order chi connectivity index (χ1) is 6.35. The quantitative estimate of drug-likeness (QED) is 0.528. The minimum Gasteiger partial charge on any atom is -0.396 e. The number of hydrogen-bond acceptors (Lipinski definition) is 3. The van der Waals surface area contributed by atoms with E-state index in [1.165, 1.54) is 19.3 Å². The van der Waals surface area contributed by atoms with Gasteiger partial charge in [0.25, 0.3) is 0 Å². The third-order valence-corrected chi connectivity index (χ3v) is 1.80. The molecule has 0 amide bonds. The van der Waals surface area contributed by atoms with E-state index in [4.69, 9.17) is 22.6 Å². The molecule has 3 N–H and O–H groups in total. The average Bonchev–Trinajstić information content (AvgIpc) is 2.04. The fourth-order valence-corrected chi connectivity index (χ4v) is 0.917. The molecule has 0 rings (SSSR count). The fraction of sp³-hybridized carbons (Fsp3) is 1.00. The van der Waals surface area contributed by atoms with Crippen molar-refractivity contribution in [2.24, 2.45) is 5.92 Å². The van der Waals surface area contributed by atoms with Crippen LogP contribution >= 0.6 is 0 Å². The Morgan fingerprint density at radius 3 is 1.80 bits per heavy atom. The zero-order chi connectivity index (χ0) is 11.6. The maximum atomic E-state index is 8.75. The third-order valence-electron chi connectivity index (χ3n) is 1.80. The summed E-state index contributed by atoms with van der Waals surface area (Å²) in [6.45, 7) is 4.69. The van der Waals surface area contributed by atoms with Crippen LogP contribution in [-0.2, 0) is 29.9 Å². The van der Waals surface area contributed by atoms with Crippen molar-refractivity contribution in [3.63, 3.8) is 0 Å². The molecule has 0 saturated carbocycles. The van der Waals surface area contributed by atoms with Crippen molar-refractivity contribution in [3.05, 3.63) is 0 Å². The zero-order valence-corrected chi connectivity index (χ0v) is 13.2. The summed E-state index contributed by atoms with van der Waals surface area (Å²) in [5.74, 6) is 0.560. The van der Waals surface area contributed by atoms with E-state index in [0.29, 0.717) is 12.5 Å². The predicted molar refractivity (Wildman–Crippen MR) is 54.6 cm³/mol. The molecule has 90 valence electrons. The van der Waals surface area contributed by atoms with Gasteiger partial charge in [0.2, 0.25) is 0 Å². The molecule has 0 fully saturated rings. The average molecular weight is 294 g/mol. The van der Waals surface area contributed by atoms with Gasteiger partial charge in [-0.15, -0.1) is 0 Å². The van der Waals surface area contributed by atoms with Gasteiger partial charge >= 0.3 is 10.4 Å². The Morgan fingerprint density at radius 1 is 1.20 bits per heavy atom. The van der Waals surface area contributed by atoms with E-state index >= 15 is 0 Å². The van der Waals surface area contributed by atoms with Gasteiger partial charge in [0.05, 0.1) is 0 Å². The molecule has 0 aliphatic heterocycles. The maximum absolute atomic E-state index is 8.75. The number of rotatable bonds is 5. The molecular formula is C8H20O5SZn. The second-order valence-electron chi connectivity index (χ2n) is 3.05. The Bertz CT molecular complexity index is 193. The molecule has 1 unspecified atom stereocenters. The van der Waals surface area contributed by atoms with Crippen molar-refractivity contribution >= 4 is 10.4 Å². The summed E-state index contributed by atoms with van der Waals surface area (Å²) in [4.78, 5) is 0. The maximum Gasteiger partial charge on any atom is 0.394 e. The summed E-state index contributed by atoms with van der Waals surface area (Å²) >= 11 is 0. The summed E-state index contributed by atoms with van der Waals surface area (Å²) < 4.78 is 31.6. The summed E-state index contributed by atoms with van der Waals surface area (Å²) in [6, 6.07) is 0. The molecule has 0 aromatic heterocycles. The Morgan fingerprint density at radius 2 is 1.60 bits per heavy atom. The molecule has 0 aliphatic carbocycles. The van der Waals surface area contributed by atoms with Crippen LogP contribution in [0.15, 0.2) is 0 Å². The Labute approximate surface area is 105 Å². The molecule has 0 aliphatic rings. The topological polar surface area (TPSA) is 94.8 Å². The van der Waals surface area contributed by atoms with Crippen molar-refractivity contribution in [1.29, 1.82) is 0 Å². The van der Waals surface area contributed by atoms with Crippen LogP contribution < -0.4 is 0 Å². The normalized spacial score (nSPS) is 12.1. The van der Waals surface area contributed by atoms with Gasteiger partial charge in [0.1, 0.15) is 0 Å². The molecule has 0 aromatic rings. The number of hydrogen-bond donors (Lipinski definition) is 3. The first-order valence-electron chi connectivity index (χ1n) is 4.65. The van der Waals surface area contributed by atoms with E-state index in [1.54, 1.807) is 0 Å². The van der Waals surface area contributed by atoms with Gasteiger partial charge in [-0.1, -0.05) is 33.1 Å². The predicted octanol–water partition coefficient (Wildman–Crippen LogP) is 1.54. The standard InChI is InChI=1S/C8H18O.H2O4S.Zn/c1-3-5-6-8(4-2)7-9;1-5(2,3)4;/h8-9H,3-7H2,1-2H3;(H2,1,2,3,4);. The van der Waals surface area contributed by atoms with Crippen LogP contribution in [0.3, 0.4) is 0 Å².